The topological polar surface area (TPSA) is 67.4 Å². The summed E-state index contributed by atoms with van der Waals surface area (Å²) < 4.78 is 5.27. The van der Waals surface area contributed by atoms with Gasteiger partial charge in [0.2, 0.25) is 5.91 Å². The zero-order chi connectivity index (χ0) is 12.5. The first kappa shape index (κ1) is 11.1. The minimum absolute atomic E-state index is 0.0603. The SMILES string of the molecule is O=C1COc2ccc(CNC(=O)C3CC3)cc2N1. The normalized spacial score (nSPS) is 17.4. The average molecular weight is 246 g/mol. The van der Waals surface area contributed by atoms with Crippen molar-refractivity contribution in [3.8, 4) is 5.75 Å². The van der Waals surface area contributed by atoms with Gasteiger partial charge >= 0.3 is 0 Å². The molecule has 1 heterocycles. The van der Waals surface area contributed by atoms with Crippen LogP contribution >= 0.6 is 0 Å². The van der Waals surface area contributed by atoms with E-state index in [2.05, 4.69) is 10.6 Å². The Hall–Kier alpha value is -2.04. The molecule has 0 atom stereocenters. The van der Waals surface area contributed by atoms with Gasteiger partial charge in [0.15, 0.2) is 6.61 Å². The van der Waals surface area contributed by atoms with Gasteiger partial charge in [-0.2, -0.15) is 0 Å². The number of anilines is 1. The lowest BCUT2D eigenvalue weighted by Crippen LogP contribution is -2.26. The molecule has 5 heteroatoms. The van der Waals surface area contributed by atoms with Crippen LogP contribution in [0.1, 0.15) is 18.4 Å². The summed E-state index contributed by atoms with van der Waals surface area (Å²) in [5, 5.41) is 5.63. The van der Waals surface area contributed by atoms with Crippen LogP contribution in [0.5, 0.6) is 5.75 Å². The Bertz CT molecular complexity index is 509. The Labute approximate surface area is 105 Å². The molecule has 1 fully saturated rings. The number of rotatable bonds is 3. The molecule has 0 saturated heterocycles. The molecule has 1 aliphatic carbocycles. The predicted molar refractivity (Wildman–Crippen MR) is 65.1 cm³/mol. The molecule has 0 bridgehead atoms. The van der Waals surface area contributed by atoms with Gasteiger partial charge in [0.25, 0.3) is 5.91 Å². The van der Waals surface area contributed by atoms with E-state index in [1.165, 1.54) is 0 Å². The molecule has 1 aliphatic heterocycles. The predicted octanol–water partition coefficient (Wildman–Crippen LogP) is 1.04. The average Bonchev–Trinajstić information content (AvgIpc) is 3.19. The van der Waals surface area contributed by atoms with Crippen LogP contribution in [0.2, 0.25) is 0 Å². The number of hydrogen-bond donors (Lipinski definition) is 2. The van der Waals surface area contributed by atoms with Crippen molar-refractivity contribution in [1.29, 1.82) is 0 Å². The van der Waals surface area contributed by atoms with Crippen LogP contribution in [0.4, 0.5) is 5.69 Å². The molecule has 18 heavy (non-hydrogen) atoms. The van der Waals surface area contributed by atoms with Gasteiger partial charge in [-0.1, -0.05) is 6.07 Å². The fourth-order valence-corrected chi connectivity index (χ4v) is 1.92. The van der Waals surface area contributed by atoms with Crippen molar-refractivity contribution in [1.82, 2.24) is 5.32 Å². The summed E-state index contributed by atoms with van der Waals surface area (Å²) in [7, 11) is 0. The van der Waals surface area contributed by atoms with Crippen molar-refractivity contribution in [3.05, 3.63) is 23.8 Å². The lowest BCUT2D eigenvalue weighted by molar-refractivity contribution is -0.122. The molecule has 2 amide bonds. The first-order valence-corrected chi connectivity index (χ1v) is 6.05. The monoisotopic (exact) mass is 246 g/mol. The molecule has 5 nitrogen and oxygen atoms in total. The fourth-order valence-electron chi connectivity index (χ4n) is 1.92. The first-order chi connectivity index (χ1) is 8.72. The number of nitrogens with one attached hydrogen (secondary N) is 2. The molecule has 3 rings (SSSR count). The number of ether oxygens (including phenoxy) is 1. The molecule has 0 spiro atoms. The molecule has 1 aromatic carbocycles. The minimum Gasteiger partial charge on any atom is -0.482 e. The van der Waals surface area contributed by atoms with E-state index >= 15 is 0 Å². The fraction of sp³-hybridized carbons (Fsp3) is 0.385. The van der Waals surface area contributed by atoms with Crippen molar-refractivity contribution < 1.29 is 14.3 Å². The Morgan fingerprint density at radius 1 is 1.44 bits per heavy atom. The second kappa shape index (κ2) is 4.33. The van der Waals surface area contributed by atoms with Crippen LogP contribution in [-0.2, 0) is 16.1 Å². The van der Waals surface area contributed by atoms with E-state index in [1.54, 1.807) is 0 Å². The number of benzene rings is 1. The molecule has 0 unspecified atom stereocenters. The number of fused-ring (bicyclic) bond motifs is 1. The molecular weight excluding hydrogens is 232 g/mol. The molecule has 0 radical (unpaired) electrons. The molecule has 2 aliphatic rings. The Morgan fingerprint density at radius 2 is 2.28 bits per heavy atom. The third-order valence-corrected chi connectivity index (χ3v) is 3.09. The van der Waals surface area contributed by atoms with Crippen molar-refractivity contribution in [2.75, 3.05) is 11.9 Å². The van der Waals surface area contributed by atoms with E-state index in [4.69, 9.17) is 4.74 Å². The molecular formula is C13H14N2O3. The zero-order valence-corrected chi connectivity index (χ0v) is 9.86. The minimum atomic E-state index is -0.151. The lowest BCUT2D eigenvalue weighted by atomic mass is 10.1. The highest BCUT2D eigenvalue weighted by atomic mass is 16.5. The second-order valence-corrected chi connectivity index (χ2v) is 4.66. The highest BCUT2D eigenvalue weighted by Gasteiger charge is 2.29. The van der Waals surface area contributed by atoms with E-state index in [-0.39, 0.29) is 24.3 Å². The number of hydrogen-bond acceptors (Lipinski definition) is 3. The quantitative estimate of drug-likeness (QED) is 0.837. The van der Waals surface area contributed by atoms with Gasteiger partial charge in [0.05, 0.1) is 5.69 Å². The van der Waals surface area contributed by atoms with Crippen molar-refractivity contribution >= 4 is 17.5 Å². The largest absolute Gasteiger partial charge is 0.482 e. The van der Waals surface area contributed by atoms with Crippen molar-refractivity contribution in [2.45, 2.75) is 19.4 Å². The zero-order valence-electron chi connectivity index (χ0n) is 9.86. The number of carbonyl (C=O) groups is 2. The third kappa shape index (κ3) is 2.30. The van der Waals surface area contributed by atoms with Crippen LogP contribution in [-0.4, -0.2) is 18.4 Å². The van der Waals surface area contributed by atoms with Gasteiger partial charge in [0, 0.05) is 12.5 Å². The summed E-state index contributed by atoms with van der Waals surface area (Å²) in [6.45, 7) is 0.545. The second-order valence-electron chi connectivity index (χ2n) is 4.66. The van der Waals surface area contributed by atoms with E-state index in [0.717, 1.165) is 18.4 Å². The summed E-state index contributed by atoms with van der Waals surface area (Å²) >= 11 is 0. The van der Waals surface area contributed by atoms with Crippen LogP contribution in [0.25, 0.3) is 0 Å². The van der Waals surface area contributed by atoms with Gasteiger partial charge in [-0.15, -0.1) is 0 Å². The molecule has 1 saturated carbocycles. The third-order valence-electron chi connectivity index (χ3n) is 3.09. The maximum atomic E-state index is 11.5. The molecule has 94 valence electrons. The maximum absolute atomic E-state index is 11.5. The summed E-state index contributed by atoms with van der Waals surface area (Å²) in [5.41, 5.74) is 1.62. The summed E-state index contributed by atoms with van der Waals surface area (Å²) in [6, 6.07) is 5.54. The van der Waals surface area contributed by atoms with Crippen LogP contribution < -0.4 is 15.4 Å². The van der Waals surface area contributed by atoms with Gasteiger partial charge in [-0.05, 0) is 30.5 Å². The van der Waals surface area contributed by atoms with Gasteiger partial charge in [0.1, 0.15) is 5.75 Å². The first-order valence-electron chi connectivity index (χ1n) is 6.05. The lowest BCUT2D eigenvalue weighted by Gasteiger charge is -2.18. The standard InChI is InChI=1S/C13H14N2O3/c16-12-7-18-11-4-1-8(5-10(11)15-12)6-14-13(17)9-2-3-9/h1,4-5,9H,2-3,6-7H2,(H,14,17)(H,15,16). The Balaban J connectivity index is 1.67. The van der Waals surface area contributed by atoms with Gasteiger partial charge in [-0.25, -0.2) is 0 Å². The summed E-state index contributed by atoms with van der Waals surface area (Å²) in [5.74, 6) is 0.854. The maximum Gasteiger partial charge on any atom is 0.262 e. The highest BCUT2D eigenvalue weighted by Crippen LogP contribution is 2.30. The van der Waals surface area contributed by atoms with E-state index in [9.17, 15) is 9.59 Å². The summed E-state index contributed by atoms with van der Waals surface area (Å²) in [6.07, 6.45) is 2.00. The van der Waals surface area contributed by atoms with Gasteiger partial charge in [-0.3, -0.25) is 9.59 Å². The van der Waals surface area contributed by atoms with Gasteiger partial charge < -0.3 is 15.4 Å². The van der Waals surface area contributed by atoms with Crippen LogP contribution in [0.3, 0.4) is 0 Å². The molecule has 1 aromatic rings. The molecule has 0 aromatic heterocycles. The van der Waals surface area contributed by atoms with Crippen LogP contribution in [0, 0.1) is 5.92 Å². The van der Waals surface area contributed by atoms with E-state index in [1.807, 2.05) is 18.2 Å². The Kier molecular flexibility index (Phi) is 2.66. The highest BCUT2D eigenvalue weighted by molar-refractivity contribution is 5.95. The van der Waals surface area contributed by atoms with Crippen LogP contribution in [0.15, 0.2) is 18.2 Å². The van der Waals surface area contributed by atoms with E-state index < -0.39 is 0 Å². The van der Waals surface area contributed by atoms with Crippen molar-refractivity contribution in [2.24, 2.45) is 5.92 Å². The number of carbonyl (C=O) groups excluding carboxylic acids is 2. The Morgan fingerprint density at radius 3 is 3.06 bits per heavy atom. The summed E-state index contributed by atoms with van der Waals surface area (Å²) in [4.78, 5) is 22.7. The van der Waals surface area contributed by atoms with E-state index in [0.29, 0.717) is 18.0 Å². The van der Waals surface area contributed by atoms with Crippen molar-refractivity contribution in [3.63, 3.8) is 0 Å². The number of amides is 2. The smallest absolute Gasteiger partial charge is 0.262 e. The molecule has 2 N–H and O–H groups in total.